The number of rotatable bonds is 5. The van der Waals surface area contributed by atoms with Gasteiger partial charge in [0.05, 0.1) is 6.08 Å². The first-order valence-electron chi connectivity index (χ1n) is 4.46. The first-order chi connectivity index (χ1) is 7.58. The van der Waals surface area contributed by atoms with Gasteiger partial charge in [-0.3, -0.25) is 4.79 Å². The SMILES string of the molecule is O=C(O)/C=C(/CC(=O)O)Oc1ccccc1. The molecule has 2 N–H and O–H groups in total. The Bertz CT molecular complexity index is 408. The zero-order valence-corrected chi connectivity index (χ0v) is 8.29. The lowest BCUT2D eigenvalue weighted by molar-refractivity contribution is -0.136. The van der Waals surface area contributed by atoms with Crippen LogP contribution in [-0.4, -0.2) is 22.2 Å². The zero-order valence-electron chi connectivity index (χ0n) is 8.29. The number of para-hydroxylation sites is 1. The summed E-state index contributed by atoms with van der Waals surface area (Å²) in [7, 11) is 0. The molecule has 0 amide bonds. The third-order valence-electron chi connectivity index (χ3n) is 1.60. The normalized spacial score (nSPS) is 10.9. The van der Waals surface area contributed by atoms with E-state index in [0.29, 0.717) is 5.75 Å². The van der Waals surface area contributed by atoms with Crippen molar-refractivity contribution in [2.45, 2.75) is 6.42 Å². The Balaban J connectivity index is 2.79. The van der Waals surface area contributed by atoms with Gasteiger partial charge in [-0.25, -0.2) is 4.79 Å². The summed E-state index contributed by atoms with van der Waals surface area (Å²) in [5.74, 6) is -2.11. The van der Waals surface area contributed by atoms with Gasteiger partial charge in [-0.1, -0.05) is 18.2 Å². The van der Waals surface area contributed by atoms with Crippen LogP contribution in [0, 0.1) is 0 Å². The molecule has 1 aromatic carbocycles. The van der Waals surface area contributed by atoms with Gasteiger partial charge in [-0.15, -0.1) is 0 Å². The number of carboxylic acids is 2. The molecule has 0 saturated carbocycles. The number of hydrogen-bond donors (Lipinski definition) is 2. The third kappa shape index (κ3) is 4.28. The van der Waals surface area contributed by atoms with Crippen molar-refractivity contribution in [2.24, 2.45) is 0 Å². The van der Waals surface area contributed by atoms with Crippen molar-refractivity contribution >= 4 is 11.9 Å². The van der Waals surface area contributed by atoms with Gasteiger partial charge in [0.15, 0.2) is 0 Å². The van der Waals surface area contributed by atoms with E-state index in [-0.39, 0.29) is 5.76 Å². The molecule has 0 heterocycles. The largest absolute Gasteiger partial charge is 0.481 e. The fraction of sp³-hybridized carbons (Fsp3) is 0.0909. The molecule has 16 heavy (non-hydrogen) atoms. The smallest absolute Gasteiger partial charge is 0.331 e. The highest BCUT2D eigenvalue weighted by Gasteiger charge is 2.08. The van der Waals surface area contributed by atoms with Gasteiger partial charge < -0.3 is 14.9 Å². The maximum Gasteiger partial charge on any atom is 0.331 e. The number of benzene rings is 1. The van der Waals surface area contributed by atoms with Crippen molar-refractivity contribution in [2.75, 3.05) is 0 Å². The summed E-state index contributed by atoms with van der Waals surface area (Å²) in [5.41, 5.74) is 0. The highest BCUT2D eigenvalue weighted by atomic mass is 16.5. The predicted octanol–water partition coefficient (Wildman–Crippen LogP) is 1.51. The molecule has 0 saturated heterocycles. The Morgan fingerprint density at radius 1 is 1.19 bits per heavy atom. The second-order valence-corrected chi connectivity index (χ2v) is 2.93. The van der Waals surface area contributed by atoms with Crippen molar-refractivity contribution in [3.63, 3.8) is 0 Å². The van der Waals surface area contributed by atoms with Crippen molar-refractivity contribution in [1.82, 2.24) is 0 Å². The second kappa shape index (κ2) is 5.55. The highest BCUT2D eigenvalue weighted by Crippen LogP contribution is 2.14. The van der Waals surface area contributed by atoms with E-state index in [1.54, 1.807) is 30.3 Å². The minimum Gasteiger partial charge on any atom is -0.481 e. The summed E-state index contributed by atoms with van der Waals surface area (Å²) in [6.07, 6.45) is 0.266. The monoisotopic (exact) mass is 222 g/mol. The summed E-state index contributed by atoms with van der Waals surface area (Å²) in [4.78, 5) is 20.9. The molecule has 5 nitrogen and oxygen atoms in total. The Labute approximate surface area is 91.6 Å². The van der Waals surface area contributed by atoms with Crippen molar-refractivity contribution in [3.8, 4) is 5.75 Å². The molecule has 1 rings (SSSR count). The molecule has 5 heteroatoms. The Kier molecular flexibility index (Phi) is 4.08. The first-order valence-corrected chi connectivity index (χ1v) is 4.46. The quantitative estimate of drug-likeness (QED) is 0.582. The van der Waals surface area contributed by atoms with E-state index in [1.165, 1.54) is 0 Å². The summed E-state index contributed by atoms with van der Waals surface area (Å²) in [5, 5.41) is 17.1. The predicted molar refractivity (Wildman–Crippen MR) is 55.0 cm³/mol. The number of ether oxygens (including phenoxy) is 1. The van der Waals surface area contributed by atoms with E-state index in [4.69, 9.17) is 14.9 Å². The number of carboxylic acid groups (broad SMARTS) is 2. The average Bonchev–Trinajstić information content (AvgIpc) is 2.16. The van der Waals surface area contributed by atoms with Crippen LogP contribution in [0.2, 0.25) is 0 Å². The van der Waals surface area contributed by atoms with Crippen LogP contribution in [0.15, 0.2) is 42.2 Å². The highest BCUT2D eigenvalue weighted by molar-refractivity contribution is 5.82. The van der Waals surface area contributed by atoms with E-state index in [2.05, 4.69) is 0 Å². The topological polar surface area (TPSA) is 83.8 Å². The summed E-state index contributed by atoms with van der Waals surface area (Å²) < 4.78 is 5.14. The molecule has 0 radical (unpaired) electrons. The van der Waals surface area contributed by atoms with Crippen LogP contribution in [0.25, 0.3) is 0 Å². The molecule has 0 spiro atoms. The molecule has 0 fully saturated rings. The lowest BCUT2D eigenvalue weighted by Gasteiger charge is -2.06. The van der Waals surface area contributed by atoms with E-state index < -0.39 is 18.4 Å². The van der Waals surface area contributed by atoms with Crippen molar-refractivity contribution < 1.29 is 24.5 Å². The van der Waals surface area contributed by atoms with Crippen LogP contribution in [0.1, 0.15) is 6.42 Å². The van der Waals surface area contributed by atoms with E-state index in [1.807, 2.05) is 0 Å². The molecular formula is C11H10O5. The molecule has 0 bridgehead atoms. The van der Waals surface area contributed by atoms with Gasteiger partial charge in [-0.2, -0.15) is 0 Å². The average molecular weight is 222 g/mol. The lowest BCUT2D eigenvalue weighted by Crippen LogP contribution is -2.06. The van der Waals surface area contributed by atoms with E-state index in [0.717, 1.165) is 6.08 Å². The summed E-state index contributed by atoms with van der Waals surface area (Å²) >= 11 is 0. The molecule has 0 aliphatic rings. The van der Waals surface area contributed by atoms with E-state index in [9.17, 15) is 9.59 Å². The summed E-state index contributed by atoms with van der Waals surface area (Å²) in [6, 6.07) is 8.39. The van der Waals surface area contributed by atoms with Crippen molar-refractivity contribution in [1.29, 1.82) is 0 Å². The van der Waals surface area contributed by atoms with Gasteiger partial charge in [0, 0.05) is 0 Å². The fourth-order valence-corrected chi connectivity index (χ4v) is 1.04. The van der Waals surface area contributed by atoms with Crippen LogP contribution in [0.5, 0.6) is 5.75 Å². The molecule has 0 unspecified atom stereocenters. The van der Waals surface area contributed by atoms with Crippen LogP contribution in [0.3, 0.4) is 0 Å². The lowest BCUT2D eigenvalue weighted by atomic mass is 10.3. The molecule has 0 atom stereocenters. The Morgan fingerprint density at radius 2 is 1.81 bits per heavy atom. The standard InChI is InChI=1S/C11H10O5/c12-10(13)6-9(7-11(14)15)16-8-4-2-1-3-5-8/h1-6H,7H2,(H,12,13)(H,14,15)/b9-6-. The van der Waals surface area contributed by atoms with Gasteiger partial charge in [-0.05, 0) is 12.1 Å². The minimum atomic E-state index is -1.24. The molecule has 0 aliphatic carbocycles. The number of carbonyl (C=O) groups is 2. The van der Waals surface area contributed by atoms with Crippen LogP contribution >= 0.6 is 0 Å². The Morgan fingerprint density at radius 3 is 2.31 bits per heavy atom. The molecule has 0 aromatic heterocycles. The maximum absolute atomic E-state index is 10.5. The molecule has 84 valence electrons. The van der Waals surface area contributed by atoms with Gasteiger partial charge in [0.25, 0.3) is 0 Å². The zero-order chi connectivity index (χ0) is 12.0. The van der Waals surface area contributed by atoms with E-state index >= 15 is 0 Å². The summed E-state index contributed by atoms with van der Waals surface area (Å²) in [6.45, 7) is 0. The molecule has 1 aromatic rings. The Hall–Kier alpha value is -2.30. The van der Waals surface area contributed by atoms with Crippen LogP contribution in [-0.2, 0) is 9.59 Å². The van der Waals surface area contributed by atoms with Crippen LogP contribution < -0.4 is 4.74 Å². The van der Waals surface area contributed by atoms with Crippen LogP contribution in [0.4, 0.5) is 0 Å². The molecule has 0 aliphatic heterocycles. The van der Waals surface area contributed by atoms with Gasteiger partial charge in [0.1, 0.15) is 17.9 Å². The third-order valence-corrected chi connectivity index (χ3v) is 1.60. The fourth-order valence-electron chi connectivity index (χ4n) is 1.04. The number of hydrogen-bond acceptors (Lipinski definition) is 3. The number of aliphatic carboxylic acids is 2. The van der Waals surface area contributed by atoms with Gasteiger partial charge in [0.2, 0.25) is 0 Å². The minimum absolute atomic E-state index is 0.119. The van der Waals surface area contributed by atoms with Crippen molar-refractivity contribution in [3.05, 3.63) is 42.2 Å². The van der Waals surface area contributed by atoms with Gasteiger partial charge >= 0.3 is 11.9 Å². The molecular weight excluding hydrogens is 212 g/mol. The first kappa shape index (κ1) is 11.8. The maximum atomic E-state index is 10.5. The second-order valence-electron chi connectivity index (χ2n) is 2.93.